The lowest BCUT2D eigenvalue weighted by Crippen LogP contribution is -2.39. The molecule has 0 unspecified atom stereocenters. The summed E-state index contributed by atoms with van der Waals surface area (Å²) in [5.41, 5.74) is 4.15. The summed E-state index contributed by atoms with van der Waals surface area (Å²) in [7, 11) is 0. The lowest BCUT2D eigenvalue weighted by molar-refractivity contribution is -0.139. The quantitative estimate of drug-likeness (QED) is 0.154. The normalized spacial score (nSPS) is 14.7. The highest BCUT2D eigenvalue weighted by Crippen LogP contribution is 2.38. The molecule has 0 aliphatic carbocycles. The topological polar surface area (TPSA) is 79.1 Å². The van der Waals surface area contributed by atoms with Crippen molar-refractivity contribution in [2.45, 2.75) is 53.2 Å². The SMILES string of the molecule is CCOC(=O)C1=C(C)N=c2s/c(=C\c3cc(Br)c(OCc4ccc(Cl)c(Cl)c4)c(OCC)c3)c(=O)n2[C@@H]1c1ccc(C(C)C)cc1. The zero-order valence-corrected chi connectivity index (χ0v) is 29.9. The lowest BCUT2D eigenvalue weighted by Gasteiger charge is -2.25. The number of thiazole rings is 1. The molecule has 0 N–H and O–H groups in total. The first-order valence-corrected chi connectivity index (χ1v) is 17.2. The molecule has 0 spiro atoms. The van der Waals surface area contributed by atoms with E-state index in [0.717, 1.165) is 22.3 Å². The Bertz CT molecular complexity index is 2000. The van der Waals surface area contributed by atoms with Gasteiger partial charge in [-0.25, -0.2) is 9.79 Å². The molecule has 2 heterocycles. The molecule has 7 nitrogen and oxygen atoms in total. The van der Waals surface area contributed by atoms with E-state index in [1.165, 1.54) is 11.3 Å². The molecule has 11 heteroatoms. The van der Waals surface area contributed by atoms with Gasteiger partial charge in [-0.1, -0.05) is 78.7 Å². The summed E-state index contributed by atoms with van der Waals surface area (Å²) in [6.45, 7) is 10.5. The van der Waals surface area contributed by atoms with Gasteiger partial charge in [-0.05, 0) is 95.2 Å². The molecule has 240 valence electrons. The van der Waals surface area contributed by atoms with Gasteiger partial charge in [0.1, 0.15) is 6.61 Å². The molecule has 5 rings (SSSR count). The second kappa shape index (κ2) is 14.6. The molecular formula is C35H33BrCl2N2O5S. The van der Waals surface area contributed by atoms with Crippen molar-refractivity contribution >= 4 is 62.5 Å². The molecule has 0 radical (unpaired) electrons. The van der Waals surface area contributed by atoms with Crippen LogP contribution in [0.15, 0.2) is 80.1 Å². The number of benzene rings is 3. The Morgan fingerprint density at radius 1 is 1.04 bits per heavy atom. The zero-order valence-electron chi connectivity index (χ0n) is 26.0. The van der Waals surface area contributed by atoms with E-state index in [0.29, 0.717) is 59.1 Å². The fraction of sp³-hybridized carbons (Fsp3) is 0.286. The second-order valence-corrected chi connectivity index (χ2v) is 13.6. The van der Waals surface area contributed by atoms with Gasteiger partial charge in [-0.2, -0.15) is 0 Å². The summed E-state index contributed by atoms with van der Waals surface area (Å²) in [4.78, 5) is 32.5. The molecule has 0 fully saturated rings. The fourth-order valence-corrected chi connectivity index (χ4v) is 7.12. The molecule has 0 amide bonds. The minimum absolute atomic E-state index is 0.212. The lowest BCUT2D eigenvalue weighted by atomic mass is 9.93. The van der Waals surface area contributed by atoms with Gasteiger partial charge in [-0.15, -0.1) is 0 Å². The number of fused-ring (bicyclic) bond motifs is 1. The van der Waals surface area contributed by atoms with Crippen LogP contribution in [0.25, 0.3) is 6.08 Å². The smallest absolute Gasteiger partial charge is 0.338 e. The first-order chi connectivity index (χ1) is 22.0. The van der Waals surface area contributed by atoms with Crippen molar-refractivity contribution in [1.29, 1.82) is 0 Å². The molecule has 0 saturated carbocycles. The standard InChI is InChI=1S/C35H33BrCl2N2O5S/c1-6-43-28-16-22(14-25(36)32(28)45-18-21-8-13-26(37)27(38)15-21)17-29-33(41)40-31(24-11-9-23(10-12-24)19(3)4)30(34(42)44-7-2)20(5)39-35(40)46-29/h8-17,19,31H,6-7,18H2,1-5H3/b29-17-/t31-/m1/s1. The molecule has 1 aromatic heterocycles. The first kappa shape index (κ1) is 34.0. The van der Waals surface area contributed by atoms with E-state index in [4.69, 9.17) is 37.4 Å². The molecule has 1 aliphatic heterocycles. The molecule has 1 aliphatic rings. The number of rotatable bonds is 10. The van der Waals surface area contributed by atoms with Gasteiger partial charge >= 0.3 is 5.97 Å². The maximum absolute atomic E-state index is 14.1. The monoisotopic (exact) mass is 742 g/mol. The summed E-state index contributed by atoms with van der Waals surface area (Å²) in [5.74, 6) is 0.884. The van der Waals surface area contributed by atoms with Crippen LogP contribution in [-0.4, -0.2) is 23.8 Å². The van der Waals surface area contributed by atoms with Gasteiger partial charge in [-0.3, -0.25) is 9.36 Å². The van der Waals surface area contributed by atoms with Crippen LogP contribution in [0.1, 0.15) is 68.8 Å². The number of halogens is 3. The van der Waals surface area contributed by atoms with Crippen LogP contribution in [0.4, 0.5) is 0 Å². The summed E-state index contributed by atoms with van der Waals surface area (Å²) < 4.78 is 20.2. The van der Waals surface area contributed by atoms with Crippen molar-refractivity contribution < 1.29 is 19.0 Å². The zero-order chi connectivity index (χ0) is 33.1. The van der Waals surface area contributed by atoms with Crippen molar-refractivity contribution in [3.05, 3.63) is 122 Å². The van der Waals surface area contributed by atoms with E-state index in [-0.39, 0.29) is 18.8 Å². The third kappa shape index (κ3) is 7.13. The predicted octanol–water partition coefficient (Wildman–Crippen LogP) is 7.97. The second-order valence-electron chi connectivity index (χ2n) is 10.9. The third-order valence-corrected chi connectivity index (χ3v) is 9.74. The molecule has 4 aromatic rings. The van der Waals surface area contributed by atoms with Gasteiger partial charge in [0.15, 0.2) is 16.3 Å². The van der Waals surface area contributed by atoms with Crippen molar-refractivity contribution in [3.8, 4) is 11.5 Å². The molecular weight excluding hydrogens is 711 g/mol. The van der Waals surface area contributed by atoms with Crippen molar-refractivity contribution in [3.63, 3.8) is 0 Å². The highest BCUT2D eigenvalue weighted by Gasteiger charge is 2.33. The first-order valence-electron chi connectivity index (χ1n) is 14.8. The fourth-order valence-electron chi connectivity index (χ4n) is 5.18. The number of carbonyl (C=O) groups is 1. The molecule has 1 atom stereocenters. The average molecular weight is 745 g/mol. The van der Waals surface area contributed by atoms with E-state index in [1.54, 1.807) is 36.6 Å². The minimum Gasteiger partial charge on any atom is -0.490 e. The van der Waals surface area contributed by atoms with Crippen LogP contribution in [-0.2, 0) is 16.1 Å². The number of carbonyl (C=O) groups excluding carboxylic acids is 1. The maximum Gasteiger partial charge on any atom is 0.338 e. The summed E-state index contributed by atoms with van der Waals surface area (Å²) >= 11 is 17.1. The van der Waals surface area contributed by atoms with Crippen LogP contribution in [0.5, 0.6) is 11.5 Å². The van der Waals surface area contributed by atoms with Crippen LogP contribution < -0.4 is 24.4 Å². The molecule has 0 bridgehead atoms. The van der Waals surface area contributed by atoms with Crippen molar-refractivity contribution in [2.24, 2.45) is 4.99 Å². The number of allylic oxidation sites excluding steroid dienone is 1. The third-order valence-electron chi connectivity index (χ3n) is 7.43. The van der Waals surface area contributed by atoms with Crippen molar-refractivity contribution in [2.75, 3.05) is 13.2 Å². The van der Waals surface area contributed by atoms with Gasteiger partial charge in [0.05, 0.1) is 49.6 Å². The number of hydrogen-bond acceptors (Lipinski definition) is 7. The number of nitrogens with zero attached hydrogens (tertiary/aromatic N) is 2. The predicted molar refractivity (Wildman–Crippen MR) is 187 cm³/mol. The molecule has 46 heavy (non-hydrogen) atoms. The number of esters is 1. The summed E-state index contributed by atoms with van der Waals surface area (Å²) in [6, 6.07) is 16.3. The van der Waals surface area contributed by atoms with Gasteiger partial charge in [0, 0.05) is 0 Å². The maximum atomic E-state index is 14.1. The summed E-state index contributed by atoms with van der Waals surface area (Å²) in [5, 5.41) is 0.918. The highest BCUT2D eigenvalue weighted by molar-refractivity contribution is 9.10. The number of aromatic nitrogens is 1. The van der Waals surface area contributed by atoms with Crippen LogP contribution in [0.2, 0.25) is 10.0 Å². The Hall–Kier alpha value is -3.37. The van der Waals surface area contributed by atoms with E-state index in [1.807, 2.05) is 49.4 Å². The Morgan fingerprint density at radius 2 is 1.78 bits per heavy atom. The number of ether oxygens (including phenoxy) is 3. The Labute approximate surface area is 289 Å². The highest BCUT2D eigenvalue weighted by atomic mass is 79.9. The average Bonchev–Trinajstić information content (AvgIpc) is 3.31. The van der Waals surface area contributed by atoms with E-state index in [2.05, 4.69) is 34.8 Å². The van der Waals surface area contributed by atoms with Gasteiger partial charge in [0.25, 0.3) is 5.56 Å². The van der Waals surface area contributed by atoms with E-state index in [9.17, 15) is 9.59 Å². The Kier molecular flexibility index (Phi) is 10.8. The Morgan fingerprint density at radius 3 is 2.43 bits per heavy atom. The molecule has 0 saturated heterocycles. The van der Waals surface area contributed by atoms with E-state index >= 15 is 0 Å². The largest absolute Gasteiger partial charge is 0.490 e. The van der Waals surface area contributed by atoms with Gasteiger partial charge in [0.2, 0.25) is 0 Å². The molecule has 3 aromatic carbocycles. The van der Waals surface area contributed by atoms with Gasteiger partial charge < -0.3 is 14.2 Å². The summed E-state index contributed by atoms with van der Waals surface area (Å²) in [6.07, 6.45) is 1.79. The van der Waals surface area contributed by atoms with Crippen LogP contribution >= 0.6 is 50.5 Å². The van der Waals surface area contributed by atoms with E-state index < -0.39 is 12.0 Å². The van der Waals surface area contributed by atoms with Crippen molar-refractivity contribution in [1.82, 2.24) is 4.57 Å². The minimum atomic E-state index is -0.679. The van der Waals surface area contributed by atoms with Crippen LogP contribution in [0.3, 0.4) is 0 Å². The van der Waals surface area contributed by atoms with Crippen LogP contribution in [0, 0.1) is 0 Å². The number of hydrogen-bond donors (Lipinski definition) is 0. The Balaban J connectivity index is 1.57.